The van der Waals surface area contributed by atoms with Gasteiger partial charge in [0.1, 0.15) is 5.82 Å². The highest BCUT2D eigenvalue weighted by molar-refractivity contribution is 5.55. The van der Waals surface area contributed by atoms with E-state index in [0.29, 0.717) is 12.0 Å². The molecule has 1 aromatic carbocycles. The van der Waals surface area contributed by atoms with Gasteiger partial charge in [0.2, 0.25) is 0 Å². The lowest BCUT2D eigenvalue weighted by atomic mass is 9.84. The molecule has 2 N–H and O–H groups in total. The summed E-state index contributed by atoms with van der Waals surface area (Å²) < 4.78 is 13.1. The summed E-state index contributed by atoms with van der Waals surface area (Å²) in [5.74, 6) is 0.408. The number of halogens is 1. The van der Waals surface area contributed by atoms with Crippen LogP contribution >= 0.6 is 0 Å². The number of nitrogens with one attached hydrogen (secondary N) is 2. The smallest absolute Gasteiger partial charge is 0.125 e. The Bertz CT molecular complexity index is 386. The van der Waals surface area contributed by atoms with Gasteiger partial charge in [-0.1, -0.05) is 6.07 Å². The summed E-state index contributed by atoms with van der Waals surface area (Å²) in [6.07, 6.45) is 3.67. The van der Waals surface area contributed by atoms with Crippen molar-refractivity contribution in [1.82, 2.24) is 5.32 Å². The van der Waals surface area contributed by atoms with Gasteiger partial charge in [0.05, 0.1) is 0 Å². The SMILES string of the molecule is Fc1ccc2c(c1)NCCC2C1CCCN1. The Morgan fingerprint density at radius 2 is 2.12 bits per heavy atom. The van der Waals surface area contributed by atoms with E-state index in [2.05, 4.69) is 10.6 Å². The second-order valence-electron chi connectivity index (χ2n) is 4.76. The van der Waals surface area contributed by atoms with E-state index >= 15 is 0 Å². The van der Waals surface area contributed by atoms with E-state index in [1.807, 2.05) is 6.07 Å². The second kappa shape index (κ2) is 4.06. The van der Waals surface area contributed by atoms with Crippen molar-refractivity contribution in [3.05, 3.63) is 29.6 Å². The van der Waals surface area contributed by atoms with E-state index in [1.54, 1.807) is 12.1 Å². The van der Waals surface area contributed by atoms with Crippen molar-refractivity contribution in [3.63, 3.8) is 0 Å². The molecule has 0 bridgehead atoms. The molecule has 1 aromatic rings. The number of rotatable bonds is 1. The zero-order valence-electron chi connectivity index (χ0n) is 9.30. The molecule has 2 atom stereocenters. The highest BCUT2D eigenvalue weighted by Gasteiger charge is 2.29. The number of fused-ring (bicyclic) bond motifs is 1. The Morgan fingerprint density at radius 1 is 1.19 bits per heavy atom. The monoisotopic (exact) mass is 220 g/mol. The quantitative estimate of drug-likeness (QED) is 0.759. The maximum Gasteiger partial charge on any atom is 0.125 e. The minimum atomic E-state index is -0.147. The fourth-order valence-electron chi connectivity index (χ4n) is 3.00. The molecule has 2 aliphatic heterocycles. The zero-order chi connectivity index (χ0) is 11.0. The van der Waals surface area contributed by atoms with Crippen molar-refractivity contribution in [2.24, 2.45) is 0 Å². The Hall–Kier alpha value is -1.09. The summed E-state index contributed by atoms with van der Waals surface area (Å²) in [5.41, 5.74) is 2.28. The molecule has 86 valence electrons. The topological polar surface area (TPSA) is 24.1 Å². The molecule has 16 heavy (non-hydrogen) atoms. The van der Waals surface area contributed by atoms with E-state index in [9.17, 15) is 4.39 Å². The molecule has 2 aliphatic rings. The lowest BCUT2D eigenvalue weighted by Gasteiger charge is -2.31. The van der Waals surface area contributed by atoms with Gasteiger partial charge in [-0.25, -0.2) is 4.39 Å². The molecule has 1 fully saturated rings. The Labute approximate surface area is 95.2 Å². The largest absolute Gasteiger partial charge is 0.385 e. The van der Waals surface area contributed by atoms with Gasteiger partial charge in [0.25, 0.3) is 0 Å². The standard InChI is InChI=1S/C13H17FN2/c14-9-3-4-10-11(12-2-1-6-15-12)5-7-16-13(10)8-9/h3-4,8,11-12,15-16H,1-2,5-7H2. The lowest BCUT2D eigenvalue weighted by Crippen LogP contribution is -2.33. The van der Waals surface area contributed by atoms with E-state index in [4.69, 9.17) is 0 Å². The van der Waals surface area contributed by atoms with Crippen molar-refractivity contribution < 1.29 is 4.39 Å². The molecule has 2 unspecified atom stereocenters. The number of anilines is 1. The average Bonchev–Trinajstić information content (AvgIpc) is 2.81. The molecule has 0 aliphatic carbocycles. The lowest BCUT2D eigenvalue weighted by molar-refractivity contribution is 0.462. The van der Waals surface area contributed by atoms with Crippen molar-refractivity contribution >= 4 is 5.69 Å². The first-order valence-electron chi connectivity index (χ1n) is 6.11. The molecule has 1 saturated heterocycles. The van der Waals surface area contributed by atoms with Crippen LogP contribution in [-0.2, 0) is 0 Å². The fraction of sp³-hybridized carbons (Fsp3) is 0.538. The normalized spacial score (nSPS) is 28.6. The molecular formula is C13H17FN2. The molecule has 0 radical (unpaired) electrons. The second-order valence-corrected chi connectivity index (χ2v) is 4.76. The van der Waals surface area contributed by atoms with Gasteiger partial charge < -0.3 is 10.6 Å². The van der Waals surface area contributed by atoms with Crippen molar-refractivity contribution in [3.8, 4) is 0 Å². The van der Waals surface area contributed by atoms with Gasteiger partial charge in [0, 0.05) is 24.2 Å². The molecule has 3 heteroatoms. The molecule has 2 heterocycles. The summed E-state index contributed by atoms with van der Waals surface area (Å²) in [6.45, 7) is 2.09. The van der Waals surface area contributed by atoms with Crippen molar-refractivity contribution in [2.75, 3.05) is 18.4 Å². The van der Waals surface area contributed by atoms with Crippen LogP contribution in [0.5, 0.6) is 0 Å². The molecule has 3 rings (SSSR count). The Kier molecular flexibility index (Phi) is 2.56. The first-order valence-corrected chi connectivity index (χ1v) is 6.11. The van der Waals surface area contributed by atoms with Crippen LogP contribution in [0.2, 0.25) is 0 Å². The third kappa shape index (κ3) is 1.69. The Morgan fingerprint density at radius 3 is 2.94 bits per heavy atom. The van der Waals surface area contributed by atoms with Crippen molar-refractivity contribution in [2.45, 2.75) is 31.2 Å². The maximum atomic E-state index is 13.1. The van der Waals surface area contributed by atoms with Gasteiger partial charge in [-0.05, 0) is 43.5 Å². The van der Waals surface area contributed by atoms with Crippen LogP contribution in [0.25, 0.3) is 0 Å². The molecular weight excluding hydrogens is 203 g/mol. The fourth-order valence-corrected chi connectivity index (χ4v) is 3.00. The minimum absolute atomic E-state index is 0.147. The van der Waals surface area contributed by atoms with Crippen molar-refractivity contribution in [1.29, 1.82) is 0 Å². The van der Waals surface area contributed by atoms with Gasteiger partial charge in [-0.2, -0.15) is 0 Å². The third-order valence-corrected chi connectivity index (χ3v) is 3.77. The van der Waals surface area contributed by atoms with Crippen LogP contribution in [-0.4, -0.2) is 19.1 Å². The number of benzene rings is 1. The summed E-state index contributed by atoms with van der Waals surface area (Å²) in [6, 6.07) is 5.73. The average molecular weight is 220 g/mol. The van der Waals surface area contributed by atoms with E-state index in [-0.39, 0.29) is 5.82 Å². The maximum absolute atomic E-state index is 13.1. The summed E-state index contributed by atoms with van der Waals surface area (Å²) in [4.78, 5) is 0. The molecule has 0 amide bonds. The molecule has 2 nitrogen and oxygen atoms in total. The number of hydrogen-bond donors (Lipinski definition) is 2. The molecule has 0 saturated carbocycles. The first kappa shape index (κ1) is 10.1. The summed E-state index contributed by atoms with van der Waals surface area (Å²) >= 11 is 0. The van der Waals surface area contributed by atoms with Gasteiger partial charge in [0.15, 0.2) is 0 Å². The van der Waals surface area contributed by atoms with Gasteiger partial charge in [-0.15, -0.1) is 0 Å². The van der Waals surface area contributed by atoms with Crippen LogP contribution in [0.15, 0.2) is 18.2 Å². The van der Waals surface area contributed by atoms with E-state index in [0.717, 1.165) is 25.2 Å². The summed E-state index contributed by atoms with van der Waals surface area (Å²) in [7, 11) is 0. The Balaban J connectivity index is 1.93. The third-order valence-electron chi connectivity index (χ3n) is 3.77. The number of hydrogen-bond acceptors (Lipinski definition) is 2. The van der Waals surface area contributed by atoms with Crippen LogP contribution in [0.3, 0.4) is 0 Å². The predicted molar refractivity (Wildman–Crippen MR) is 63.3 cm³/mol. The molecule has 0 aromatic heterocycles. The van der Waals surface area contributed by atoms with Gasteiger partial charge >= 0.3 is 0 Å². The first-order chi connectivity index (χ1) is 7.84. The summed E-state index contributed by atoms with van der Waals surface area (Å²) in [5, 5.41) is 6.85. The van der Waals surface area contributed by atoms with Crippen LogP contribution < -0.4 is 10.6 Å². The molecule has 0 spiro atoms. The van der Waals surface area contributed by atoms with E-state index in [1.165, 1.54) is 18.4 Å². The highest BCUT2D eigenvalue weighted by atomic mass is 19.1. The van der Waals surface area contributed by atoms with Crippen LogP contribution in [0.1, 0.15) is 30.7 Å². The van der Waals surface area contributed by atoms with Crippen LogP contribution in [0, 0.1) is 5.82 Å². The minimum Gasteiger partial charge on any atom is -0.385 e. The highest BCUT2D eigenvalue weighted by Crippen LogP contribution is 2.36. The van der Waals surface area contributed by atoms with E-state index < -0.39 is 0 Å². The van der Waals surface area contributed by atoms with Gasteiger partial charge in [-0.3, -0.25) is 0 Å². The van der Waals surface area contributed by atoms with Crippen LogP contribution in [0.4, 0.5) is 10.1 Å². The predicted octanol–water partition coefficient (Wildman–Crippen LogP) is 2.48. The zero-order valence-corrected chi connectivity index (χ0v) is 9.30.